The summed E-state index contributed by atoms with van der Waals surface area (Å²) in [7, 11) is 3.55. The topological polar surface area (TPSA) is 12.5 Å². The zero-order chi connectivity index (χ0) is 16.6. The summed E-state index contributed by atoms with van der Waals surface area (Å²) in [4.78, 5) is 2.01. The summed E-state index contributed by atoms with van der Waals surface area (Å²) in [5, 5.41) is 0. The van der Waals surface area contributed by atoms with Gasteiger partial charge in [0.25, 0.3) is 0 Å². The Labute approximate surface area is 132 Å². The van der Waals surface area contributed by atoms with Crippen molar-refractivity contribution in [1.29, 1.82) is 0 Å². The first-order valence-corrected chi connectivity index (χ1v) is 7.16. The van der Waals surface area contributed by atoms with E-state index in [1.165, 1.54) is 12.1 Å². The molecule has 0 aromatic heterocycles. The summed E-state index contributed by atoms with van der Waals surface area (Å²) in [5.74, 6) is 0.817. The van der Waals surface area contributed by atoms with Crippen LogP contribution in [0.25, 0.3) is 11.8 Å². The van der Waals surface area contributed by atoms with Gasteiger partial charge in [-0.2, -0.15) is 13.2 Å². The first kappa shape index (κ1) is 15.5. The molecular formula is C18H16F3NO. The van der Waals surface area contributed by atoms with E-state index in [1.807, 2.05) is 36.2 Å². The van der Waals surface area contributed by atoms with E-state index >= 15 is 0 Å². The second kappa shape index (κ2) is 5.65. The van der Waals surface area contributed by atoms with Gasteiger partial charge in [-0.1, -0.05) is 24.3 Å². The lowest BCUT2D eigenvalue weighted by Gasteiger charge is -2.29. The van der Waals surface area contributed by atoms with Gasteiger partial charge in [0.05, 0.1) is 12.7 Å². The van der Waals surface area contributed by atoms with Crippen molar-refractivity contribution in [2.24, 2.45) is 0 Å². The molecule has 0 spiro atoms. The van der Waals surface area contributed by atoms with E-state index in [-0.39, 0.29) is 0 Å². The minimum absolute atomic E-state index is 0.637. The average molecular weight is 319 g/mol. The maximum absolute atomic E-state index is 12.7. The molecule has 2 nitrogen and oxygen atoms in total. The highest BCUT2D eigenvalue weighted by Crippen LogP contribution is 2.35. The van der Waals surface area contributed by atoms with Gasteiger partial charge in [-0.05, 0) is 35.4 Å². The Morgan fingerprint density at radius 3 is 2.35 bits per heavy atom. The van der Waals surface area contributed by atoms with Gasteiger partial charge in [-0.15, -0.1) is 0 Å². The van der Waals surface area contributed by atoms with Crippen molar-refractivity contribution in [2.75, 3.05) is 14.2 Å². The monoisotopic (exact) mass is 319 g/mol. The largest absolute Gasteiger partial charge is 0.496 e. The number of benzene rings is 2. The van der Waals surface area contributed by atoms with Crippen molar-refractivity contribution in [2.45, 2.75) is 12.7 Å². The fourth-order valence-corrected chi connectivity index (χ4v) is 2.79. The Bertz CT molecular complexity index is 748. The smallest absolute Gasteiger partial charge is 0.416 e. The van der Waals surface area contributed by atoms with Crippen LogP contribution < -0.4 is 4.74 Å². The molecule has 1 aliphatic heterocycles. The van der Waals surface area contributed by atoms with Crippen LogP contribution in [0.3, 0.4) is 0 Å². The summed E-state index contributed by atoms with van der Waals surface area (Å²) >= 11 is 0. The number of rotatable bonds is 2. The van der Waals surface area contributed by atoms with Crippen LogP contribution in [-0.2, 0) is 12.7 Å². The van der Waals surface area contributed by atoms with Crippen molar-refractivity contribution in [3.63, 3.8) is 0 Å². The Hall–Kier alpha value is -2.43. The van der Waals surface area contributed by atoms with Gasteiger partial charge < -0.3 is 9.64 Å². The van der Waals surface area contributed by atoms with Crippen molar-refractivity contribution in [3.05, 3.63) is 64.7 Å². The molecule has 120 valence electrons. The third-order valence-electron chi connectivity index (χ3n) is 4.00. The number of alkyl halides is 3. The number of hydrogen-bond donors (Lipinski definition) is 0. The van der Waals surface area contributed by atoms with Crippen LogP contribution in [0.2, 0.25) is 0 Å². The average Bonchev–Trinajstić information content (AvgIpc) is 2.53. The lowest BCUT2D eigenvalue weighted by atomic mass is 9.97. The minimum atomic E-state index is -4.31. The molecule has 1 aliphatic rings. The molecule has 0 fully saturated rings. The third kappa shape index (κ3) is 2.91. The van der Waals surface area contributed by atoms with Crippen LogP contribution in [0.1, 0.15) is 22.3 Å². The molecule has 0 aliphatic carbocycles. The predicted octanol–water partition coefficient (Wildman–Crippen LogP) is 4.66. The van der Waals surface area contributed by atoms with Gasteiger partial charge in [0.1, 0.15) is 5.75 Å². The highest BCUT2D eigenvalue weighted by atomic mass is 19.4. The summed E-state index contributed by atoms with van der Waals surface area (Å²) in [6.45, 7) is 0.645. The first-order valence-electron chi connectivity index (χ1n) is 7.16. The number of halogens is 3. The van der Waals surface area contributed by atoms with E-state index in [9.17, 15) is 13.2 Å². The van der Waals surface area contributed by atoms with Crippen molar-refractivity contribution < 1.29 is 17.9 Å². The molecule has 0 unspecified atom stereocenters. The molecule has 2 aromatic carbocycles. The lowest BCUT2D eigenvalue weighted by molar-refractivity contribution is -0.137. The summed E-state index contributed by atoms with van der Waals surface area (Å²) in [5.41, 5.74) is 3.11. The Kier molecular flexibility index (Phi) is 3.80. The standard InChI is InChI=1S/C18H16F3NO/c1-22-11-15-13(4-3-5-17(15)23-2)10-16(22)12-6-8-14(9-7-12)18(19,20)21/h3-10H,11H2,1-2H3. The normalized spacial score (nSPS) is 14.3. The maximum atomic E-state index is 12.7. The van der Waals surface area contributed by atoms with Crippen molar-refractivity contribution in [3.8, 4) is 5.75 Å². The second-order valence-corrected chi connectivity index (χ2v) is 5.49. The van der Waals surface area contributed by atoms with E-state index in [2.05, 4.69) is 0 Å². The van der Waals surface area contributed by atoms with Crippen LogP contribution >= 0.6 is 0 Å². The van der Waals surface area contributed by atoms with E-state index in [0.29, 0.717) is 6.54 Å². The van der Waals surface area contributed by atoms with E-state index in [0.717, 1.165) is 40.3 Å². The highest BCUT2D eigenvalue weighted by molar-refractivity contribution is 5.83. The zero-order valence-electron chi connectivity index (χ0n) is 12.8. The third-order valence-corrected chi connectivity index (χ3v) is 4.00. The number of hydrogen-bond acceptors (Lipinski definition) is 2. The molecule has 1 heterocycles. The molecule has 0 saturated carbocycles. The number of ether oxygens (including phenoxy) is 1. The molecule has 23 heavy (non-hydrogen) atoms. The SMILES string of the molecule is COc1cccc2c1CN(C)C(c1ccc(C(F)(F)F)cc1)=C2. The van der Waals surface area contributed by atoms with Crippen LogP contribution in [0.15, 0.2) is 42.5 Å². The summed E-state index contributed by atoms with van der Waals surface area (Å²) in [6.07, 6.45) is -2.34. The Balaban J connectivity index is 2.01. The van der Waals surface area contributed by atoms with Gasteiger partial charge in [0, 0.05) is 24.9 Å². The number of methoxy groups -OCH3 is 1. The Morgan fingerprint density at radius 1 is 1.04 bits per heavy atom. The quantitative estimate of drug-likeness (QED) is 0.798. The first-order chi connectivity index (χ1) is 10.9. The van der Waals surface area contributed by atoms with Crippen LogP contribution in [0.5, 0.6) is 5.75 Å². The van der Waals surface area contributed by atoms with Gasteiger partial charge in [-0.25, -0.2) is 0 Å². The van der Waals surface area contributed by atoms with Gasteiger partial charge in [0.2, 0.25) is 0 Å². The number of fused-ring (bicyclic) bond motifs is 1. The fraction of sp³-hybridized carbons (Fsp3) is 0.222. The maximum Gasteiger partial charge on any atom is 0.416 e. The van der Waals surface area contributed by atoms with Gasteiger partial charge in [0.15, 0.2) is 0 Å². The lowest BCUT2D eigenvalue weighted by Crippen LogP contribution is -2.21. The molecule has 0 bridgehead atoms. The molecule has 2 aromatic rings. The highest BCUT2D eigenvalue weighted by Gasteiger charge is 2.30. The van der Waals surface area contributed by atoms with Crippen molar-refractivity contribution in [1.82, 2.24) is 4.90 Å². The predicted molar refractivity (Wildman–Crippen MR) is 83.8 cm³/mol. The summed E-state index contributed by atoms with van der Waals surface area (Å²) in [6, 6.07) is 11.0. The van der Waals surface area contributed by atoms with E-state index in [4.69, 9.17) is 4.74 Å². The number of nitrogens with zero attached hydrogens (tertiary/aromatic N) is 1. The van der Waals surface area contributed by atoms with E-state index < -0.39 is 11.7 Å². The molecule has 5 heteroatoms. The van der Waals surface area contributed by atoms with Crippen LogP contribution in [0, 0.1) is 0 Å². The minimum Gasteiger partial charge on any atom is -0.496 e. The summed E-state index contributed by atoms with van der Waals surface area (Å²) < 4.78 is 43.4. The molecular weight excluding hydrogens is 303 g/mol. The van der Waals surface area contributed by atoms with Crippen molar-refractivity contribution >= 4 is 11.8 Å². The van der Waals surface area contributed by atoms with Crippen LogP contribution in [0.4, 0.5) is 13.2 Å². The molecule has 0 amide bonds. The van der Waals surface area contributed by atoms with Gasteiger partial charge >= 0.3 is 6.18 Å². The van der Waals surface area contributed by atoms with E-state index in [1.54, 1.807) is 7.11 Å². The molecule has 0 radical (unpaired) electrons. The van der Waals surface area contributed by atoms with Crippen LogP contribution in [-0.4, -0.2) is 19.1 Å². The molecule has 0 N–H and O–H groups in total. The second-order valence-electron chi connectivity index (χ2n) is 5.49. The Morgan fingerprint density at radius 2 is 1.74 bits per heavy atom. The zero-order valence-corrected chi connectivity index (χ0v) is 12.8. The van der Waals surface area contributed by atoms with Gasteiger partial charge in [-0.3, -0.25) is 0 Å². The fourth-order valence-electron chi connectivity index (χ4n) is 2.79. The molecule has 0 atom stereocenters. The molecule has 0 saturated heterocycles. The molecule has 3 rings (SSSR count).